The molecule has 0 aromatic carbocycles. The Hall–Kier alpha value is -1.62. The second-order valence-corrected chi connectivity index (χ2v) is 2.79. The molecule has 0 aliphatic heterocycles. The number of nitrogens with two attached hydrogens (primary N) is 2. The number of hydrogen-bond donors (Lipinski definition) is 3. The number of anilines is 1. The lowest BCUT2D eigenvalue weighted by molar-refractivity contribution is 0.0696. The van der Waals surface area contributed by atoms with Crippen LogP contribution < -0.4 is 11.5 Å². The number of aromatic nitrogens is 1. The van der Waals surface area contributed by atoms with Crippen molar-refractivity contribution in [1.82, 2.24) is 4.98 Å². The highest BCUT2D eigenvalue weighted by atomic mass is 16.4. The van der Waals surface area contributed by atoms with Gasteiger partial charge in [-0.3, -0.25) is 0 Å². The quantitative estimate of drug-likeness (QED) is 0.612. The fourth-order valence-electron chi connectivity index (χ4n) is 0.974. The molecule has 0 fully saturated rings. The summed E-state index contributed by atoms with van der Waals surface area (Å²) in [5, 5.41) is 8.66. The number of aromatic carboxylic acids is 1. The average Bonchev–Trinajstić information content (AvgIpc) is 2.04. The number of pyridine rings is 1. The molecule has 1 aromatic heterocycles. The zero-order chi connectivity index (χ0) is 10.0. The minimum atomic E-state index is -1.03. The number of rotatable bonds is 2. The summed E-state index contributed by atoms with van der Waals surface area (Å²) >= 11 is 0. The number of nitrogen functional groups attached to an aromatic ring is 1. The van der Waals surface area contributed by atoms with Crippen LogP contribution in [0.3, 0.4) is 0 Å². The lowest BCUT2D eigenvalue weighted by atomic mass is 10.1. The molecule has 0 aliphatic rings. The van der Waals surface area contributed by atoms with Crippen molar-refractivity contribution < 1.29 is 9.90 Å². The lowest BCUT2D eigenvalue weighted by Crippen LogP contribution is -2.11. The van der Waals surface area contributed by atoms with Crippen molar-refractivity contribution in [2.45, 2.75) is 13.0 Å². The molecule has 0 bridgehead atoms. The molecule has 0 saturated heterocycles. The molecule has 0 radical (unpaired) electrons. The smallest absolute Gasteiger partial charge is 0.337 e. The summed E-state index contributed by atoms with van der Waals surface area (Å²) in [6.07, 6.45) is 1.21. The Bertz CT molecular complexity index is 336. The lowest BCUT2D eigenvalue weighted by Gasteiger charge is -2.08. The molecule has 1 aromatic rings. The average molecular weight is 181 g/mol. The summed E-state index contributed by atoms with van der Waals surface area (Å²) in [5.74, 6) is -0.755. The Labute approximate surface area is 75.4 Å². The number of carboxylic acid groups (broad SMARTS) is 1. The van der Waals surface area contributed by atoms with E-state index in [0.29, 0.717) is 5.56 Å². The van der Waals surface area contributed by atoms with E-state index in [1.165, 1.54) is 12.3 Å². The van der Waals surface area contributed by atoms with Gasteiger partial charge in [-0.25, -0.2) is 9.78 Å². The van der Waals surface area contributed by atoms with Crippen LogP contribution in [0.4, 0.5) is 5.82 Å². The van der Waals surface area contributed by atoms with E-state index in [9.17, 15) is 4.79 Å². The molecule has 13 heavy (non-hydrogen) atoms. The first-order chi connectivity index (χ1) is 6.02. The zero-order valence-electron chi connectivity index (χ0n) is 7.19. The Morgan fingerprint density at radius 2 is 2.31 bits per heavy atom. The van der Waals surface area contributed by atoms with Gasteiger partial charge in [-0.2, -0.15) is 0 Å². The normalized spacial score (nSPS) is 12.5. The van der Waals surface area contributed by atoms with Gasteiger partial charge < -0.3 is 16.6 Å². The van der Waals surface area contributed by atoms with E-state index in [1.54, 1.807) is 6.92 Å². The van der Waals surface area contributed by atoms with Crippen molar-refractivity contribution in [3.8, 4) is 0 Å². The minimum Gasteiger partial charge on any atom is -0.478 e. The number of hydrogen-bond acceptors (Lipinski definition) is 4. The summed E-state index contributed by atoms with van der Waals surface area (Å²) in [6.45, 7) is 1.72. The number of carbonyl (C=O) groups is 1. The van der Waals surface area contributed by atoms with Gasteiger partial charge in [0.25, 0.3) is 0 Å². The minimum absolute atomic E-state index is 0.0986. The third-order valence-electron chi connectivity index (χ3n) is 1.69. The van der Waals surface area contributed by atoms with Gasteiger partial charge in [-0.1, -0.05) is 0 Å². The van der Waals surface area contributed by atoms with E-state index in [4.69, 9.17) is 16.6 Å². The molecule has 1 heterocycles. The summed E-state index contributed by atoms with van der Waals surface area (Å²) in [4.78, 5) is 14.3. The van der Waals surface area contributed by atoms with E-state index < -0.39 is 5.97 Å². The Morgan fingerprint density at radius 3 is 2.77 bits per heavy atom. The van der Waals surface area contributed by atoms with Crippen LogP contribution in [0.1, 0.15) is 28.9 Å². The summed E-state index contributed by atoms with van der Waals surface area (Å²) in [7, 11) is 0. The van der Waals surface area contributed by atoms with Gasteiger partial charge in [0.2, 0.25) is 0 Å². The Kier molecular flexibility index (Phi) is 2.48. The van der Waals surface area contributed by atoms with Gasteiger partial charge in [0.1, 0.15) is 5.82 Å². The predicted octanol–water partition coefficient (Wildman–Crippen LogP) is 0.382. The van der Waals surface area contributed by atoms with Gasteiger partial charge in [0.05, 0.1) is 5.56 Å². The maximum atomic E-state index is 10.6. The molecule has 5 nitrogen and oxygen atoms in total. The monoisotopic (exact) mass is 181 g/mol. The molecule has 0 amide bonds. The molecule has 0 spiro atoms. The maximum absolute atomic E-state index is 10.6. The Morgan fingerprint density at radius 1 is 1.69 bits per heavy atom. The van der Waals surface area contributed by atoms with E-state index in [0.717, 1.165) is 0 Å². The van der Waals surface area contributed by atoms with Crippen LogP contribution in [-0.2, 0) is 0 Å². The highest BCUT2D eigenvalue weighted by molar-refractivity contribution is 5.87. The molecular formula is C8H11N3O2. The second-order valence-electron chi connectivity index (χ2n) is 2.79. The topological polar surface area (TPSA) is 102 Å². The highest BCUT2D eigenvalue weighted by Crippen LogP contribution is 2.17. The first-order valence-corrected chi connectivity index (χ1v) is 3.76. The third-order valence-corrected chi connectivity index (χ3v) is 1.69. The third kappa shape index (κ3) is 1.94. The first kappa shape index (κ1) is 9.47. The van der Waals surface area contributed by atoms with Crippen molar-refractivity contribution in [3.63, 3.8) is 0 Å². The fraction of sp³-hybridized carbons (Fsp3) is 0.250. The molecule has 5 heteroatoms. The van der Waals surface area contributed by atoms with Crippen molar-refractivity contribution in [2.24, 2.45) is 5.73 Å². The second kappa shape index (κ2) is 3.40. The molecule has 0 aliphatic carbocycles. The van der Waals surface area contributed by atoms with Gasteiger partial charge in [0, 0.05) is 17.8 Å². The van der Waals surface area contributed by atoms with Crippen LogP contribution in [0.25, 0.3) is 0 Å². The molecule has 1 atom stereocenters. The van der Waals surface area contributed by atoms with Gasteiger partial charge in [-0.05, 0) is 13.0 Å². The molecule has 0 saturated carbocycles. The van der Waals surface area contributed by atoms with Crippen LogP contribution in [0, 0.1) is 0 Å². The standard InChI is InChI=1S/C8H11N3O2/c1-4(9)6-2-5(8(12)13)3-11-7(6)10/h2-4H,9H2,1H3,(H2,10,11)(H,12,13)/t4-/m1/s1. The predicted molar refractivity (Wildman–Crippen MR) is 48.2 cm³/mol. The maximum Gasteiger partial charge on any atom is 0.337 e. The van der Waals surface area contributed by atoms with E-state index in [1.807, 2.05) is 0 Å². The van der Waals surface area contributed by atoms with Crippen LogP contribution >= 0.6 is 0 Å². The molecule has 1 rings (SSSR count). The van der Waals surface area contributed by atoms with Crippen LogP contribution in [-0.4, -0.2) is 16.1 Å². The van der Waals surface area contributed by atoms with Gasteiger partial charge >= 0.3 is 5.97 Å². The van der Waals surface area contributed by atoms with Crippen LogP contribution in [0.2, 0.25) is 0 Å². The van der Waals surface area contributed by atoms with Gasteiger partial charge in [0.15, 0.2) is 0 Å². The van der Waals surface area contributed by atoms with Crippen molar-refractivity contribution in [2.75, 3.05) is 5.73 Å². The van der Waals surface area contributed by atoms with E-state index in [-0.39, 0.29) is 17.4 Å². The number of carboxylic acids is 1. The molecular weight excluding hydrogens is 170 g/mol. The van der Waals surface area contributed by atoms with Crippen LogP contribution in [0.5, 0.6) is 0 Å². The summed E-state index contributed by atoms with van der Waals surface area (Å²) in [5.41, 5.74) is 11.7. The fourth-order valence-corrected chi connectivity index (χ4v) is 0.974. The molecule has 5 N–H and O–H groups in total. The highest BCUT2D eigenvalue weighted by Gasteiger charge is 2.10. The van der Waals surface area contributed by atoms with Crippen molar-refractivity contribution in [1.29, 1.82) is 0 Å². The van der Waals surface area contributed by atoms with E-state index >= 15 is 0 Å². The molecule has 70 valence electrons. The van der Waals surface area contributed by atoms with Crippen LogP contribution in [0.15, 0.2) is 12.3 Å². The van der Waals surface area contributed by atoms with Crippen molar-refractivity contribution >= 4 is 11.8 Å². The van der Waals surface area contributed by atoms with E-state index in [2.05, 4.69) is 4.98 Å². The molecule has 0 unspecified atom stereocenters. The van der Waals surface area contributed by atoms with Gasteiger partial charge in [-0.15, -0.1) is 0 Å². The summed E-state index contributed by atoms with van der Waals surface area (Å²) in [6, 6.07) is 1.13. The SMILES string of the molecule is C[C@@H](N)c1cc(C(=O)O)cnc1N. The number of nitrogens with zero attached hydrogens (tertiary/aromatic N) is 1. The van der Waals surface area contributed by atoms with Crippen molar-refractivity contribution in [3.05, 3.63) is 23.4 Å². The largest absolute Gasteiger partial charge is 0.478 e. The Balaban J connectivity index is 3.19. The summed E-state index contributed by atoms with van der Waals surface area (Å²) < 4.78 is 0. The zero-order valence-corrected chi connectivity index (χ0v) is 7.19. The first-order valence-electron chi connectivity index (χ1n) is 3.76.